The molecule has 4 rings (SSSR count). The average molecular weight is 482 g/mol. The number of rotatable bonds is 5. The van der Waals surface area contributed by atoms with E-state index in [2.05, 4.69) is 49.5 Å². The monoisotopic (exact) mass is 481 g/mol. The third-order valence-corrected chi connectivity index (χ3v) is 7.75. The second-order valence-corrected chi connectivity index (χ2v) is 10.3. The molecule has 2 fully saturated rings. The summed E-state index contributed by atoms with van der Waals surface area (Å²) in [4.78, 5) is 30.5. The normalized spacial score (nSPS) is 25.2. The number of anilines is 1. The predicted octanol–water partition coefficient (Wildman–Crippen LogP) is 5.32. The molecule has 1 aromatic rings. The minimum atomic E-state index is -0.107. The summed E-state index contributed by atoms with van der Waals surface area (Å²) in [6.07, 6.45) is 11.1. The highest BCUT2D eigenvalue weighted by Crippen LogP contribution is 2.42. The molecule has 2 heterocycles. The van der Waals surface area contributed by atoms with Crippen LogP contribution in [0.15, 0.2) is 48.0 Å². The molecule has 2 aliphatic carbocycles. The van der Waals surface area contributed by atoms with E-state index in [9.17, 15) is 9.59 Å². The number of amides is 2. The van der Waals surface area contributed by atoms with Crippen LogP contribution in [0.4, 0.5) is 10.5 Å². The summed E-state index contributed by atoms with van der Waals surface area (Å²) in [5.41, 5.74) is 4.70. The van der Waals surface area contributed by atoms with E-state index in [0.717, 1.165) is 44.6 Å². The Hall–Kier alpha value is -2.83. The first-order chi connectivity index (χ1) is 16.6. The van der Waals surface area contributed by atoms with Gasteiger partial charge in [-0.15, -0.1) is 0 Å². The van der Waals surface area contributed by atoms with Gasteiger partial charge >= 0.3 is 6.03 Å². The second kappa shape index (κ2) is 11.3. The Kier molecular flexibility index (Phi) is 8.62. The Labute approximate surface area is 211 Å². The summed E-state index contributed by atoms with van der Waals surface area (Å²) in [6, 6.07) is 0.375. The minimum absolute atomic E-state index is 0.0876. The standard InChI is InChI=1S/C26H37N5O2.C2H6/c1-17(2)30(15-21-8-7-18(3)9-19(21)4)24-10-22-13-29(14-23(22)11-24)26(33)31-16-25(12-27-31)28(6)20(5)32;1-2/h7-8,12,16,19,22-24H,1,9-11,13-15H2,2-6H3;1-2H3/t19?,22-,23+,24?;. The Balaban J connectivity index is 0.00000167. The lowest BCUT2D eigenvalue weighted by molar-refractivity contribution is -0.116. The summed E-state index contributed by atoms with van der Waals surface area (Å²) in [5.74, 6) is 1.51. The lowest BCUT2D eigenvalue weighted by atomic mass is 9.88. The highest BCUT2D eigenvalue weighted by atomic mass is 16.2. The van der Waals surface area contributed by atoms with Crippen LogP contribution in [0.3, 0.4) is 0 Å². The number of fused-ring (bicyclic) bond motifs is 1. The Morgan fingerprint density at radius 3 is 2.31 bits per heavy atom. The molecular weight excluding hydrogens is 438 g/mol. The van der Waals surface area contributed by atoms with Crippen LogP contribution in [0.2, 0.25) is 0 Å². The number of allylic oxidation sites excluding steroid dienone is 4. The van der Waals surface area contributed by atoms with Crippen LogP contribution in [0.25, 0.3) is 0 Å². The number of nitrogens with zero attached hydrogens (tertiary/aromatic N) is 5. The van der Waals surface area contributed by atoms with Crippen molar-refractivity contribution in [3.8, 4) is 0 Å². The maximum atomic E-state index is 13.0. The molecule has 7 heteroatoms. The molecular formula is C28H43N5O2. The fourth-order valence-electron chi connectivity index (χ4n) is 5.67. The van der Waals surface area contributed by atoms with Crippen molar-refractivity contribution in [2.45, 2.75) is 66.8 Å². The van der Waals surface area contributed by atoms with Crippen molar-refractivity contribution in [2.24, 2.45) is 17.8 Å². The van der Waals surface area contributed by atoms with Gasteiger partial charge in [-0.05, 0) is 56.4 Å². The molecule has 2 amide bonds. The maximum absolute atomic E-state index is 13.0. The number of hydrogen-bond donors (Lipinski definition) is 0. The van der Waals surface area contributed by atoms with Gasteiger partial charge in [0.25, 0.3) is 0 Å². The van der Waals surface area contributed by atoms with E-state index >= 15 is 0 Å². The maximum Gasteiger partial charge on any atom is 0.344 e. The van der Waals surface area contributed by atoms with Crippen molar-refractivity contribution in [2.75, 3.05) is 31.6 Å². The van der Waals surface area contributed by atoms with Gasteiger partial charge in [0.15, 0.2) is 0 Å². The molecule has 0 N–H and O–H groups in total. The minimum Gasteiger partial charge on any atom is -0.369 e. The lowest BCUT2D eigenvalue weighted by Crippen LogP contribution is -2.38. The molecule has 0 spiro atoms. The van der Waals surface area contributed by atoms with Crippen LogP contribution >= 0.6 is 0 Å². The second-order valence-electron chi connectivity index (χ2n) is 10.3. The van der Waals surface area contributed by atoms with Crippen LogP contribution < -0.4 is 4.90 Å². The lowest BCUT2D eigenvalue weighted by Gasteiger charge is -2.35. The third kappa shape index (κ3) is 5.88. The predicted molar refractivity (Wildman–Crippen MR) is 142 cm³/mol. The Morgan fingerprint density at radius 1 is 1.14 bits per heavy atom. The van der Waals surface area contributed by atoms with Gasteiger partial charge in [0, 0.05) is 45.3 Å². The summed E-state index contributed by atoms with van der Waals surface area (Å²) < 4.78 is 1.36. The Bertz CT molecular complexity index is 993. The van der Waals surface area contributed by atoms with E-state index in [1.54, 1.807) is 19.4 Å². The molecule has 1 saturated carbocycles. The zero-order chi connectivity index (χ0) is 25.9. The van der Waals surface area contributed by atoms with Gasteiger partial charge in [-0.3, -0.25) is 4.79 Å². The van der Waals surface area contributed by atoms with Gasteiger partial charge in [0.1, 0.15) is 0 Å². The Morgan fingerprint density at radius 2 is 1.77 bits per heavy atom. The summed E-state index contributed by atoms with van der Waals surface area (Å²) in [6.45, 7) is 18.9. The van der Waals surface area contributed by atoms with Crippen LogP contribution in [-0.4, -0.2) is 64.2 Å². The van der Waals surface area contributed by atoms with Crippen molar-refractivity contribution in [3.63, 3.8) is 0 Å². The van der Waals surface area contributed by atoms with Crippen LogP contribution in [0.5, 0.6) is 0 Å². The van der Waals surface area contributed by atoms with Gasteiger partial charge in [-0.25, -0.2) is 4.79 Å². The first-order valence-corrected chi connectivity index (χ1v) is 13.0. The summed E-state index contributed by atoms with van der Waals surface area (Å²) in [7, 11) is 1.68. The number of aromatic nitrogens is 2. The molecule has 3 aliphatic rings. The van der Waals surface area contributed by atoms with Crippen LogP contribution in [0, 0.1) is 17.8 Å². The zero-order valence-corrected chi connectivity index (χ0v) is 22.6. The molecule has 4 atom stereocenters. The van der Waals surface area contributed by atoms with Crippen molar-refractivity contribution < 1.29 is 9.59 Å². The van der Waals surface area contributed by atoms with Gasteiger partial charge < -0.3 is 14.7 Å². The molecule has 0 aromatic carbocycles. The zero-order valence-electron chi connectivity index (χ0n) is 22.6. The fourth-order valence-corrected chi connectivity index (χ4v) is 5.67. The number of carbonyl (C=O) groups is 2. The topological polar surface area (TPSA) is 61.7 Å². The van der Waals surface area contributed by atoms with E-state index in [0.29, 0.717) is 29.5 Å². The van der Waals surface area contributed by atoms with Crippen molar-refractivity contribution in [3.05, 3.63) is 48.0 Å². The van der Waals surface area contributed by atoms with Gasteiger partial charge in [-0.1, -0.05) is 45.1 Å². The molecule has 1 aliphatic heterocycles. The quantitative estimate of drug-likeness (QED) is 0.571. The SMILES string of the molecule is C=C(C)N(CC1=CC=C(C)CC1C)C1C[C@@H]2CN(C(=O)n3cc(N(C)C(C)=O)cn3)C[C@@H]2C1.CC. The summed E-state index contributed by atoms with van der Waals surface area (Å²) in [5, 5.41) is 4.20. The summed E-state index contributed by atoms with van der Waals surface area (Å²) >= 11 is 0. The van der Waals surface area contributed by atoms with E-state index in [1.807, 2.05) is 18.7 Å². The smallest absolute Gasteiger partial charge is 0.344 e. The van der Waals surface area contributed by atoms with E-state index in [-0.39, 0.29) is 11.9 Å². The molecule has 0 bridgehead atoms. The molecule has 192 valence electrons. The van der Waals surface area contributed by atoms with Crippen molar-refractivity contribution in [1.82, 2.24) is 19.6 Å². The number of hydrogen-bond acceptors (Lipinski definition) is 4. The molecule has 1 aromatic heterocycles. The number of likely N-dealkylation sites (tertiary alicyclic amines) is 1. The highest BCUT2D eigenvalue weighted by Gasteiger charge is 2.44. The van der Waals surface area contributed by atoms with Crippen LogP contribution in [-0.2, 0) is 4.79 Å². The highest BCUT2D eigenvalue weighted by molar-refractivity contribution is 5.91. The fraction of sp³-hybridized carbons (Fsp3) is 0.607. The molecule has 7 nitrogen and oxygen atoms in total. The van der Waals surface area contributed by atoms with Gasteiger partial charge in [-0.2, -0.15) is 9.78 Å². The van der Waals surface area contributed by atoms with Crippen LogP contribution in [0.1, 0.15) is 60.8 Å². The first-order valence-electron chi connectivity index (χ1n) is 13.0. The third-order valence-electron chi connectivity index (χ3n) is 7.75. The number of carbonyl (C=O) groups excluding carboxylic acids is 2. The molecule has 0 radical (unpaired) electrons. The van der Waals surface area contributed by atoms with Gasteiger partial charge in [0.05, 0.1) is 18.1 Å². The molecule has 2 unspecified atom stereocenters. The van der Waals surface area contributed by atoms with Crippen molar-refractivity contribution >= 4 is 17.6 Å². The largest absolute Gasteiger partial charge is 0.369 e. The van der Waals surface area contributed by atoms with E-state index in [1.165, 1.54) is 27.7 Å². The van der Waals surface area contributed by atoms with E-state index in [4.69, 9.17) is 0 Å². The average Bonchev–Trinajstić information content (AvgIpc) is 3.54. The first kappa shape index (κ1) is 26.8. The van der Waals surface area contributed by atoms with Gasteiger partial charge in [0.2, 0.25) is 5.91 Å². The van der Waals surface area contributed by atoms with E-state index < -0.39 is 0 Å². The van der Waals surface area contributed by atoms with Crippen molar-refractivity contribution in [1.29, 1.82) is 0 Å². The molecule has 1 saturated heterocycles. The molecule has 35 heavy (non-hydrogen) atoms.